The molecule has 1 atom stereocenters. The van der Waals surface area contributed by atoms with Crippen molar-refractivity contribution in [3.8, 4) is 0 Å². The third-order valence-electron chi connectivity index (χ3n) is 4.39. The van der Waals surface area contributed by atoms with E-state index >= 15 is 0 Å². The van der Waals surface area contributed by atoms with Gasteiger partial charge >= 0.3 is 6.18 Å². The maximum Gasteiger partial charge on any atom is 0.416 e. The molecule has 0 spiro atoms. The summed E-state index contributed by atoms with van der Waals surface area (Å²) < 4.78 is 67.4. The summed E-state index contributed by atoms with van der Waals surface area (Å²) in [5, 5.41) is 0. The Labute approximate surface area is 168 Å². The van der Waals surface area contributed by atoms with Gasteiger partial charge in [-0.3, -0.25) is 9.52 Å². The smallest absolute Gasteiger partial charge is 0.308 e. The van der Waals surface area contributed by atoms with Gasteiger partial charge in [-0.1, -0.05) is 22.0 Å². The van der Waals surface area contributed by atoms with Crippen molar-refractivity contribution in [3.05, 3.63) is 52.0 Å². The molecule has 10 heteroatoms. The van der Waals surface area contributed by atoms with Crippen LogP contribution in [0, 0.1) is 0 Å². The van der Waals surface area contributed by atoms with Crippen molar-refractivity contribution in [3.63, 3.8) is 0 Å². The first kappa shape index (κ1) is 20.7. The number of anilines is 2. The molecule has 1 heterocycles. The lowest BCUT2D eigenvalue weighted by Crippen LogP contribution is -2.34. The molecule has 1 aliphatic heterocycles. The quantitative estimate of drug-likeness (QED) is 0.705. The van der Waals surface area contributed by atoms with Gasteiger partial charge in [-0.25, -0.2) is 8.42 Å². The Morgan fingerprint density at radius 3 is 2.54 bits per heavy atom. The number of alkyl halides is 3. The fraction of sp³-hybridized carbons (Fsp3) is 0.278. The van der Waals surface area contributed by atoms with Crippen molar-refractivity contribution in [1.29, 1.82) is 0 Å². The second-order valence-electron chi connectivity index (χ2n) is 6.54. The molecular weight excluding hydrogens is 461 g/mol. The number of fused-ring (bicyclic) bond motifs is 1. The number of amides is 1. The predicted octanol–water partition coefficient (Wildman–Crippen LogP) is 4.57. The molecule has 0 saturated carbocycles. The molecule has 0 radical (unpaired) electrons. The first-order valence-electron chi connectivity index (χ1n) is 8.22. The van der Waals surface area contributed by atoms with E-state index in [0.29, 0.717) is 16.5 Å². The molecule has 2 aromatic carbocycles. The fourth-order valence-corrected chi connectivity index (χ4v) is 5.30. The molecule has 2 aromatic rings. The van der Waals surface area contributed by atoms with Crippen LogP contribution < -0.4 is 9.62 Å². The molecule has 0 bridgehead atoms. The van der Waals surface area contributed by atoms with Crippen LogP contribution in [0.3, 0.4) is 0 Å². The number of hydrogen-bond donors (Lipinski definition) is 1. The van der Waals surface area contributed by atoms with Crippen LogP contribution in [0.5, 0.6) is 0 Å². The van der Waals surface area contributed by atoms with Gasteiger partial charge in [0.25, 0.3) is 10.0 Å². The van der Waals surface area contributed by atoms with Gasteiger partial charge in [-0.2, -0.15) is 13.2 Å². The highest BCUT2D eigenvalue weighted by atomic mass is 79.9. The Bertz CT molecular complexity index is 1050. The number of sulfonamides is 1. The monoisotopic (exact) mass is 476 g/mol. The Balaban J connectivity index is 2.08. The topological polar surface area (TPSA) is 66.5 Å². The van der Waals surface area contributed by atoms with E-state index in [1.807, 2.05) is 0 Å². The molecule has 3 rings (SSSR count). The summed E-state index contributed by atoms with van der Waals surface area (Å²) in [6.45, 7) is 3.14. The van der Waals surface area contributed by atoms with Crippen molar-refractivity contribution >= 4 is 43.2 Å². The van der Waals surface area contributed by atoms with E-state index in [4.69, 9.17) is 0 Å². The summed E-state index contributed by atoms with van der Waals surface area (Å²) in [6.07, 6.45) is -4.13. The zero-order valence-corrected chi connectivity index (χ0v) is 17.2. The molecule has 1 aliphatic rings. The van der Waals surface area contributed by atoms with E-state index in [0.717, 1.165) is 18.2 Å². The summed E-state index contributed by atoms with van der Waals surface area (Å²) in [5.74, 6) is -0.316. The van der Waals surface area contributed by atoms with Crippen molar-refractivity contribution in [1.82, 2.24) is 0 Å². The third kappa shape index (κ3) is 3.88. The number of carbonyl (C=O) groups excluding carboxylic acids is 1. The molecule has 0 saturated heterocycles. The minimum absolute atomic E-state index is 0.172. The maximum atomic E-state index is 13.0. The number of nitrogens with one attached hydrogen (secondary N) is 1. The lowest BCUT2D eigenvalue weighted by Gasteiger charge is -2.23. The number of rotatable bonds is 3. The molecular formula is C18H16BrF3N2O3S. The first-order valence-corrected chi connectivity index (χ1v) is 10.5. The predicted molar refractivity (Wildman–Crippen MR) is 103 cm³/mol. The standard InChI is InChI=1S/C18H16BrF3N2O3S/c1-10-6-12-7-14(19)9-16(17(12)24(10)11(2)25)28(26,27)23-15-5-3-4-13(8-15)18(20,21)22/h3-5,7-10,23H,6H2,1-2H3/t10-/m0/s1. The van der Waals surface area contributed by atoms with E-state index in [2.05, 4.69) is 20.7 Å². The van der Waals surface area contributed by atoms with Gasteiger partial charge in [0.1, 0.15) is 4.90 Å². The zero-order valence-electron chi connectivity index (χ0n) is 14.8. The van der Waals surface area contributed by atoms with E-state index in [1.54, 1.807) is 13.0 Å². The Kier molecular flexibility index (Phi) is 5.22. The van der Waals surface area contributed by atoms with E-state index in [9.17, 15) is 26.4 Å². The highest BCUT2D eigenvalue weighted by molar-refractivity contribution is 9.10. The van der Waals surface area contributed by atoms with Crippen LogP contribution in [0.1, 0.15) is 25.0 Å². The number of carbonyl (C=O) groups is 1. The maximum absolute atomic E-state index is 13.0. The van der Waals surface area contributed by atoms with Crippen LogP contribution >= 0.6 is 15.9 Å². The molecule has 1 N–H and O–H groups in total. The summed E-state index contributed by atoms with van der Waals surface area (Å²) in [7, 11) is -4.25. The highest BCUT2D eigenvalue weighted by Crippen LogP contribution is 2.41. The number of hydrogen-bond acceptors (Lipinski definition) is 3. The highest BCUT2D eigenvalue weighted by Gasteiger charge is 2.36. The van der Waals surface area contributed by atoms with Gasteiger partial charge in [0.2, 0.25) is 5.91 Å². The molecule has 0 aromatic heterocycles. The van der Waals surface area contributed by atoms with Gasteiger partial charge in [-0.05, 0) is 49.2 Å². The molecule has 1 amide bonds. The number of nitrogens with zero attached hydrogens (tertiary/aromatic N) is 1. The lowest BCUT2D eigenvalue weighted by atomic mass is 10.1. The molecule has 28 heavy (non-hydrogen) atoms. The first-order chi connectivity index (χ1) is 12.9. The van der Waals surface area contributed by atoms with Crippen LogP contribution in [0.4, 0.5) is 24.5 Å². The molecule has 150 valence electrons. The van der Waals surface area contributed by atoms with Gasteiger partial charge in [-0.15, -0.1) is 0 Å². The minimum atomic E-state index is -4.60. The fourth-order valence-electron chi connectivity index (χ4n) is 3.33. The Hall–Kier alpha value is -2.07. The van der Waals surface area contributed by atoms with Crippen molar-refractivity contribution in [2.75, 3.05) is 9.62 Å². The van der Waals surface area contributed by atoms with E-state index < -0.39 is 21.8 Å². The second-order valence-corrected chi connectivity index (χ2v) is 9.10. The van der Waals surface area contributed by atoms with Gasteiger partial charge < -0.3 is 4.90 Å². The van der Waals surface area contributed by atoms with Crippen molar-refractivity contribution < 1.29 is 26.4 Å². The van der Waals surface area contributed by atoms with Crippen molar-refractivity contribution in [2.45, 2.75) is 37.4 Å². The zero-order chi connectivity index (χ0) is 20.9. The third-order valence-corrected chi connectivity index (χ3v) is 6.24. The molecule has 5 nitrogen and oxygen atoms in total. The normalized spacial score (nSPS) is 16.8. The SMILES string of the molecule is CC(=O)N1c2c(cc(Br)cc2S(=O)(=O)Nc2cccc(C(F)(F)F)c2)C[C@@H]1C. The largest absolute Gasteiger partial charge is 0.416 e. The second kappa shape index (κ2) is 7.07. The molecule has 0 unspecified atom stereocenters. The number of benzene rings is 2. The minimum Gasteiger partial charge on any atom is -0.308 e. The summed E-state index contributed by atoms with van der Waals surface area (Å²) >= 11 is 3.26. The van der Waals surface area contributed by atoms with Crippen LogP contribution in [-0.2, 0) is 27.4 Å². The van der Waals surface area contributed by atoms with Crippen molar-refractivity contribution in [2.24, 2.45) is 0 Å². The van der Waals surface area contributed by atoms with Gasteiger partial charge in [0.15, 0.2) is 0 Å². The van der Waals surface area contributed by atoms with Crippen LogP contribution in [0.15, 0.2) is 45.8 Å². The number of halogens is 4. The van der Waals surface area contributed by atoms with E-state index in [1.165, 1.54) is 24.0 Å². The van der Waals surface area contributed by atoms with E-state index in [-0.39, 0.29) is 28.2 Å². The Morgan fingerprint density at radius 2 is 1.93 bits per heavy atom. The molecule has 0 fully saturated rings. The van der Waals surface area contributed by atoms with Crippen LogP contribution in [-0.4, -0.2) is 20.4 Å². The van der Waals surface area contributed by atoms with Crippen LogP contribution in [0.25, 0.3) is 0 Å². The average molecular weight is 477 g/mol. The summed E-state index contributed by atoms with van der Waals surface area (Å²) in [5.41, 5.74) is -0.265. The van der Waals surface area contributed by atoms with Crippen LogP contribution in [0.2, 0.25) is 0 Å². The summed E-state index contributed by atoms with van der Waals surface area (Å²) in [4.78, 5) is 13.3. The Morgan fingerprint density at radius 1 is 1.25 bits per heavy atom. The van der Waals surface area contributed by atoms with Gasteiger partial charge in [0, 0.05) is 23.1 Å². The molecule has 0 aliphatic carbocycles. The average Bonchev–Trinajstić information content (AvgIpc) is 2.88. The summed E-state index contributed by atoms with van der Waals surface area (Å²) in [6, 6.07) is 6.77. The lowest BCUT2D eigenvalue weighted by molar-refractivity contribution is -0.137. The van der Waals surface area contributed by atoms with Gasteiger partial charge in [0.05, 0.1) is 11.3 Å².